The largest absolute Gasteiger partial charge is 0.0683 e. The molecule has 3 rings (SSSR count). The van der Waals surface area contributed by atoms with Crippen molar-refractivity contribution >= 4 is 6.08 Å². The Labute approximate surface area is 115 Å². The maximum Gasteiger partial charge on any atom is -0.00604 e. The van der Waals surface area contributed by atoms with Gasteiger partial charge >= 0.3 is 0 Å². The number of hydrogen-bond acceptors (Lipinski definition) is 0. The number of hydrogen-bond donors (Lipinski definition) is 0. The van der Waals surface area contributed by atoms with Crippen LogP contribution in [-0.2, 0) is 12.8 Å². The van der Waals surface area contributed by atoms with Gasteiger partial charge in [-0.2, -0.15) is 0 Å². The van der Waals surface area contributed by atoms with Crippen molar-refractivity contribution in [3.63, 3.8) is 0 Å². The summed E-state index contributed by atoms with van der Waals surface area (Å²) in [6.07, 6.45) is 5.83. The normalized spacial score (nSPS) is 13.3. The standard InChI is InChI=1S/C19H20/c1-3-5-15-8-10-16(11-9-15)18-7-4-6-17-12-14(2)13-19(17)18/h4,6-11,13H,3,5,12H2,1-2H3. The van der Waals surface area contributed by atoms with Gasteiger partial charge in [0.25, 0.3) is 0 Å². The Morgan fingerprint density at radius 2 is 1.79 bits per heavy atom. The molecule has 0 saturated heterocycles. The second-order valence-electron chi connectivity index (χ2n) is 5.49. The summed E-state index contributed by atoms with van der Waals surface area (Å²) < 4.78 is 0. The van der Waals surface area contributed by atoms with Crippen LogP contribution in [0.4, 0.5) is 0 Å². The van der Waals surface area contributed by atoms with E-state index < -0.39 is 0 Å². The zero-order valence-electron chi connectivity index (χ0n) is 11.7. The van der Waals surface area contributed by atoms with Crippen LogP contribution in [-0.4, -0.2) is 0 Å². The first kappa shape index (κ1) is 12.2. The van der Waals surface area contributed by atoms with E-state index in [4.69, 9.17) is 0 Å². The molecule has 0 amide bonds. The Morgan fingerprint density at radius 1 is 1.00 bits per heavy atom. The van der Waals surface area contributed by atoms with Crippen LogP contribution in [0.15, 0.2) is 48.0 Å². The van der Waals surface area contributed by atoms with Gasteiger partial charge in [-0.25, -0.2) is 0 Å². The number of rotatable bonds is 3. The molecule has 0 spiro atoms. The van der Waals surface area contributed by atoms with Crippen molar-refractivity contribution in [1.29, 1.82) is 0 Å². The molecule has 96 valence electrons. The topological polar surface area (TPSA) is 0 Å². The quantitative estimate of drug-likeness (QED) is 0.694. The van der Waals surface area contributed by atoms with Gasteiger partial charge in [0.2, 0.25) is 0 Å². The molecule has 19 heavy (non-hydrogen) atoms. The summed E-state index contributed by atoms with van der Waals surface area (Å²) in [4.78, 5) is 0. The SMILES string of the molecule is CCCc1ccc(-c2cccc3c2C=C(C)C3)cc1. The summed E-state index contributed by atoms with van der Waals surface area (Å²) >= 11 is 0. The van der Waals surface area contributed by atoms with E-state index in [0.29, 0.717) is 0 Å². The monoisotopic (exact) mass is 248 g/mol. The lowest BCUT2D eigenvalue weighted by atomic mass is 9.96. The maximum atomic E-state index is 2.34. The Kier molecular flexibility index (Phi) is 3.25. The molecule has 2 aromatic carbocycles. The predicted octanol–water partition coefficient (Wildman–Crippen LogP) is 5.27. The molecular formula is C19H20. The van der Waals surface area contributed by atoms with E-state index in [2.05, 4.69) is 62.4 Å². The summed E-state index contributed by atoms with van der Waals surface area (Å²) in [5, 5.41) is 0. The van der Waals surface area contributed by atoms with Gasteiger partial charge in [-0.1, -0.05) is 67.5 Å². The molecule has 1 aliphatic carbocycles. The average molecular weight is 248 g/mol. The lowest BCUT2D eigenvalue weighted by Crippen LogP contribution is -1.88. The van der Waals surface area contributed by atoms with Crippen molar-refractivity contribution in [2.24, 2.45) is 0 Å². The third-order valence-electron chi connectivity index (χ3n) is 3.86. The fourth-order valence-electron chi connectivity index (χ4n) is 2.93. The molecule has 0 N–H and O–H groups in total. The summed E-state index contributed by atoms with van der Waals surface area (Å²) in [7, 11) is 0. The molecule has 2 aromatic rings. The number of fused-ring (bicyclic) bond motifs is 1. The van der Waals surface area contributed by atoms with E-state index in [-0.39, 0.29) is 0 Å². The van der Waals surface area contributed by atoms with Crippen molar-refractivity contribution in [1.82, 2.24) is 0 Å². The third-order valence-corrected chi connectivity index (χ3v) is 3.86. The molecule has 0 saturated carbocycles. The fraction of sp³-hybridized carbons (Fsp3) is 0.263. The van der Waals surface area contributed by atoms with Crippen LogP contribution in [0.1, 0.15) is 37.0 Å². The van der Waals surface area contributed by atoms with Crippen molar-refractivity contribution in [2.45, 2.75) is 33.1 Å². The Hall–Kier alpha value is -1.82. The van der Waals surface area contributed by atoms with Crippen molar-refractivity contribution in [3.8, 4) is 11.1 Å². The van der Waals surface area contributed by atoms with Crippen LogP contribution in [0, 0.1) is 0 Å². The zero-order valence-corrected chi connectivity index (χ0v) is 11.7. The summed E-state index contributed by atoms with van der Waals surface area (Å²) in [6, 6.07) is 15.7. The van der Waals surface area contributed by atoms with Crippen LogP contribution in [0.5, 0.6) is 0 Å². The van der Waals surface area contributed by atoms with Gasteiger partial charge in [-0.05, 0) is 47.6 Å². The molecule has 0 heterocycles. The van der Waals surface area contributed by atoms with Gasteiger partial charge < -0.3 is 0 Å². The fourth-order valence-corrected chi connectivity index (χ4v) is 2.93. The molecule has 0 radical (unpaired) electrons. The molecule has 0 aliphatic heterocycles. The lowest BCUT2D eigenvalue weighted by Gasteiger charge is -2.08. The summed E-state index contributed by atoms with van der Waals surface area (Å²) in [6.45, 7) is 4.44. The van der Waals surface area contributed by atoms with Crippen molar-refractivity contribution < 1.29 is 0 Å². The molecular weight excluding hydrogens is 228 g/mol. The van der Waals surface area contributed by atoms with E-state index in [0.717, 1.165) is 6.42 Å². The Morgan fingerprint density at radius 3 is 2.53 bits per heavy atom. The molecule has 0 atom stereocenters. The van der Waals surface area contributed by atoms with Crippen LogP contribution in [0.25, 0.3) is 17.2 Å². The Balaban J connectivity index is 2.01. The van der Waals surface area contributed by atoms with Gasteiger partial charge in [0.05, 0.1) is 0 Å². The predicted molar refractivity (Wildman–Crippen MR) is 83.2 cm³/mol. The molecule has 0 nitrogen and oxygen atoms in total. The van der Waals surface area contributed by atoms with E-state index in [9.17, 15) is 0 Å². The first-order valence-electron chi connectivity index (χ1n) is 7.16. The van der Waals surface area contributed by atoms with E-state index >= 15 is 0 Å². The lowest BCUT2D eigenvalue weighted by molar-refractivity contribution is 0.922. The highest BCUT2D eigenvalue weighted by Gasteiger charge is 2.13. The van der Waals surface area contributed by atoms with Crippen LogP contribution in [0.2, 0.25) is 0 Å². The number of allylic oxidation sites excluding steroid dienone is 1. The first-order chi connectivity index (χ1) is 9.28. The highest BCUT2D eigenvalue weighted by atomic mass is 14.2. The van der Waals surface area contributed by atoms with Gasteiger partial charge in [0.15, 0.2) is 0 Å². The van der Waals surface area contributed by atoms with E-state index in [1.807, 2.05) is 0 Å². The van der Waals surface area contributed by atoms with E-state index in [1.54, 1.807) is 0 Å². The smallest absolute Gasteiger partial charge is 0.00604 e. The van der Waals surface area contributed by atoms with Crippen LogP contribution in [0.3, 0.4) is 0 Å². The van der Waals surface area contributed by atoms with Crippen molar-refractivity contribution in [2.75, 3.05) is 0 Å². The second-order valence-corrected chi connectivity index (χ2v) is 5.49. The first-order valence-corrected chi connectivity index (χ1v) is 7.16. The highest BCUT2D eigenvalue weighted by molar-refractivity contribution is 5.80. The zero-order chi connectivity index (χ0) is 13.2. The summed E-state index contributed by atoms with van der Waals surface area (Å²) in [5.74, 6) is 0. The van der Waals surface area contributed by atoms with Crippen LogP contribution < -0.4 is 0 Å². The molecule has 0 bridgehead atoms. The molecule has 1 aliphatic rings. The molecule has 0 fully saturated rings. The second kappa shape index (κ2) is 5.05. The molecule has 0 heteroatoms. The van der Waals surface area contributed by atoms with Gasteiger partial charge in [-0.3, -0.25) is 0 Å². The minimum absolute atomic E-state index is 1.11. The minimum Gasteiger partial charge on any atom is -0.0683 e. The number of benzene rings is 2. The minimum atomic E-state index is 1.11. The molecule has 0 unspecified atom stereocenters. The van der Waals surface area contributed by atoms with Gasteiger partial charge in [0, 0.05) is 0 Å². The average Bonchev–Trinajstić information content (AvgIpc) is 2.80. The van der Waals surface area contributed by atoms with Gasteiger partial charge in [-0.15, -0.1) is 0 Å². The Bertz CT molecular complexity index is 615. The van der Waals surface area contributed by atoms with Crippen LogP contribution >= 0.6 is 0 Å². The maximum absolute atomic E-state index is 2.34. The molecule has 0 aromatic heterocycles. The van der Waals surface area contributed by atoms with Crippen molar-refractivity contribution in [3.05, 3.63) is 64.7 Å². The summed E-state index contributed by atoms with van der Waals surface area (Å²) in [5.41, 5.74) is 8.49. The number of aryl methyl sites for hydroxylation is 1. The highest BCUT2D eigenvalue weighted by Crippen LogP contribution is 2.33. The van der Waals surface area contributed by atoms with Gasteiger partial charge in [0.1, 0.15) is 0 Å². The third kappa shape index (κ3) is 2.35. The van der Waals surface area contributed by atoms with E-state index in [1.165, 1.54) is 46.2 Å².